The van der Waals surface area contributed by atoms with Gasteiger partial charge in [-0.1, -0.05) is 0 Å². The van der Waals surface area contributed by atoms with Crippen molar-refractivity contribution in [1.29, 1.82) is 5.26 Å². The Kier molecular flexibility index (Phi) is 5.64. The number of anilines is 1. The minimum absolute atomic E-state index is 0.0985. The van der Waals surface area contributed by atoms with Crippen molar-refractivity contribution in [1.82, 2.24) is 9.80 Å². The zero-order valence-corrected chi connectivity index (χ0v) is 13.4. The number of hydrogen-bond acceptors (Lipinski definition) is 4. The van der Waals surface area contributed by atoms with Gasteiger partial charge in [-0.05, 0) is 12.1 Å². The molecule has 1 heterocycles. The van der Waals surface area contributed by atoms with E-state index in [0.717, 1.165) is 18.3 Å². The fourth-order valence-corrected chi connectivity index (χ4v) is 2.32. The maximum atomic E-state index is 13.6. The minimum atomic E-state index is -1.65. The van der Waals surface area contributed by atoms with E-state index in [1.54, 1.807) is 11.0 Å². The summed E-state index contributed by atoms with van der Waals surface area (Å²) in [6.07, 6.45) is 0.940. The molecule has 0 atom stereocenters. The summed E-state index contributed by atoms with van der Waals surface area (Å²) in [4.78, 5) is 26.5. The molecule has 0 radical (unpaired) electrons. The number of carbonyl (C=O) groups excluding carboxylic acids is 2. The Balaban J connectivity index is 2.08. The summed E-state index contributed by atoms with van der Waals surface area (Å²) < 4.78 is 39.6. The van der Waals surface area contributed by atoms with Gasteiger partial charge < -0.3 is 15.1 Å². The van der Waals surface area contributed by atoms with Crippen LogP contribution in [0.25, 0.3) is 0 Å². The molecular formula is C16H15F3N4O2. The number of halogens is 3. The van der Waals surface area contributed by atoms with Crippen molar-refractivity contribution >= 4 is 17.5 Å². The second-order valence-electron chi connectivity index (χ2n) is 5.34. The lowest BCUT2D eigenvalue weighted by Gasteiger charge is -2.34. The summed E-state index contributed by atoms with van der Waals surface area (Å²) >= 11 is 0. The lowest BCUT2D eigenvalue weighted by atomic mass is 10.2. The fourth-order valence-electron chi connectivity index (χ4n) is 2.32. The van der Waals surface area contributed by atoms with Crippen LogP contribution >= 0.6 is 0 Å². The first-order valence-electron chi connectivity index (χ1n) is 7.40. The second-order valence-corrected chi connectivity index (χ2v) is 5.34. The monoisotopic (exact) mass is 352 g/mol. The van der Waals surface area contributed by atoms with Crippen LogP contribution in [0.4, 0.5) is 18.9 Å². The predicted octanol–water partition coefficient (Wildman–Crippen LogP) is 1.61. The van der Waals surface area contributed by atoms with Gasteiger partial charge in [0, 0.05) is 39.3 Å². The number of nitrogens with one attached hydrogen (secondary N) is 1. The lowest BCUT2D eigenvalue weighted by molar-refractivity contribution is -0.136. The number of rotatable bonds is 3. The van der Waals surface area contributed by atoms with E-state index in [1.807, 2.05) is 0 Å². The molecule has 25 heavy (non-hydrogen) atoms. The summed E-state index contributed by atoms with van der Waals surface area (Å²) in [6, 6.07) is 3.36. The third-order valence-corrected chi connectivity index (χ3v) is 3.77. The van der Waals surface area contributed by atoms with Crippen molar-refractivity contribution in [2.45, 2.75) is 6.92 Å². The minimum Gasteiger partial charge on any atom is -0.358 e. The largest absolute Gasteiger partial charge is 0.358 e. The van der Waals surface area contributed by atoms with Crippen LogP contribution in [-0.4, -0.2) is 47.8 Å². The molecule has 2 rings (SSSR count). The van der Waals surface area contributed by atoms with Crippen molar-refractivity contribution in [2.24, 2.45) is 0 Å². The first-order valence-corrected chi connectivity index (χ1v) is 7.40. The van der Waals surface area contributed by atoms with E-state index in [-0.39, 0.29) is 24.6 Å². The maximum absolute atomic E-state index is 13.6. The quantitative estimate of drug-likeness (QED) is 0.509. The molecule has 0 saturated carbocycles. The van der Waals surface area contributed by atoms with Crippen LogP contribution in [0.15, 0.2) is 23.9 Å². The van der Waals surface area contributed by atoms with Crippen molar-refractivity contribution in [3.63, 3.8) is 0 Å². The van der Waals surface area contributed by atoms with Gasteiger partial charge >= 0.3 is 0 Å². The van der Waals surface area contributed by atoms with Crippen LogP contribution in [0.3, 0.4) is 0 Å². The van der Waals surface area contributed by atoms with E-state index in [2.05, 4.69) is 5.32 Å². The number of piperazine rings is 1. The first kappa shape index (κ1) is 18.3. The highest BCUT2D eigenvalue weighted by molar-refractivity contribution is 5.97. The van der Waals surface area contributed by atoms with Gasteiger partial charge in [0.2, 0.25) is 5.91 Å². The number of nitriles is 1. The molecule has 1 saturated heterocycles. The second kappa shape index (κ2) is 7.70. The van der Waals surface area contributed by atoms with Crippen LogP contribution in [0.1, 0.15) is 6.92 Å². The zero-order chi connectivity index (χ0) is 18.6. The summed E-state index contributed by atoms with van der Waals surface area (Å²) in [5.74, 6) is -5.13. The topological polar surface area (TPSA) is 76.4 Å². The SMILES string of the molecule is CC(=O)N1CCN(C(=O)/C(C#N)=C\Nc2ccc(F)c(F)c2F)CC1. The van der Waals surface area contributed by atoms with Gasteiger partial charge in [0.15, 0.2) is 17.5 Å². The molecule has 6 nitrogen and oxygen atoms in total. The van der Waals surface area contributed by atoms with Gasteiger partial charge in [0.05, 0.1) is 5.69 Å². The van der Waals surface area contributed by atoms with E-state index >= 15 is 0 Å². The molecular weight excluding hydrogens is 337 g/mol. The fraction of sp³-hybridized carbons (Fsp3) is 0.312. The molecule has 0 unspecified atom stereocenters. The molecule has 0 aromatic heterocycles. The molecule has 1 fully saturated rings. The van der Waals surface area contributed by atoms with Crippen LogP contribution in [0, 0.1) is 28.8 Å². The van der Waals surface area contributed by atoms with Crippen molar-refractivity contribution in [3.8, 4) is 6.07 Å². The highest BCUT2D eigenvalue weighted by atomic mass is 19.2. The molecule has 0 bridgehead atoms. The molecule has 0 aliphatic carbocycles. The molecule has 1 aliphatic rings. The summed E-state index contributed by atoms with van der Waals surface area (Å²) in [5.41, 5.74) is -0.721. The number of hydrogen-bond donors (Lipinski definition) is 1. The van der Waals surface area contributed by atoms with Crippen molar-refractivity contribution in [3.05, 3.63) is 41.4 Å². The number of carbonyl (C=O) groups is 2. The van der Waals surface area contributed by atoms with Gasteiger partial charge in [0.25, 0.3) is 5.91 Å². The Labute approximate surface area is 142 Å². The Morgan fingerprint density at radius 1 is 1.12 bits per heavy atom. The molecule has 0 spiro atoms. The molecule has 132 valence electrons. The average molecular weight is 352 g/mol. The predicted molar refractivity (Wildman–Crippen MR) is 82.5 cm³/mol. The number of amides is 2. The van der Waals surface area contributed by atoms with Crippen LogP contribution in [0.2, 0.25) is 0 Å². The van der Waals surface area contributed by atoms with E-state index < -0.39 is 29.0 Å². The number of benzene rings is 1. The number of nitrogens with zero attached hydrogens (tertiary/aromatic N) is 3. The molecule has 9 heteroatoms. The first-order chi connectivity index (χ1) is 11.8. The highest BCUT2D eigenvalue weighted by Gasteiger charge is 2.24. The zero-order valence-electron chi connectivity index (χ0n) is 13.4. The van der Waals surface area contributed by atoms with E-state index in [0.29, 0.717) is 13.1 Å². The summed E-state index contributed by atoms with van der Waals surface area (Å²) in [6.45, 7) is 2.66. The van der Waals surface area contributed by atoms with E-state index in [9.17, 15) is 22.8 Å². The van der Waals surface area contributed by atoms with Crippen molar-refractivity contribution < 1.29 is 22.8 Å². The van der Waals surface area contributed by atoms with Crippen LogP contribution in [0.5, 0.6) is 0 Å². The van der Waals surface area contributed by atoms with Crippen LogP contribution in [-0.2, 0) is 9.59 Å². The summed E-state index contributed by atoms with van der Waals surface area (Å²) in [7, 11) is 0. The standard InChI is InChI=1S/C16H15F3N4O2/c1-10(24)22-4-6-23(7-5-22)16(25)11(8-20)9-21-13-3-2-12(17)14(18)15(13)19/h2-3,9,21H,4-7H2,1H3/b11-9-. The van der Waals surface area contributed by atoms with E-state index in [4.69, 9.17) is 5.26 Å². The molecule has 1 aromatic carbocycles. The highest BCUT2D eigenvalue weighted by Crippen LogP contribution is 2.20. The third kappa shape index (κ3) is 4.09. The van der Waals surface area contributed by atoms with Gasteiger partial charge in [-0.15, -0.1) is 0 Å². The van der Waals surface area contributed by atoms with Gasteiger partial charge in [-0.3, -0.25) is 9.59 Å². The molecule has 1 aliphatic heterocycles. The Hall–Kier alpha value is -3.02. The third-order valence-electron chi connectivity index (χ3n) is 3.77. The van der Waals surface area contributed by atoms with Crippen molar-refractivity contribution in [2.75, 3.05) is 31.5 Å². The Morgan fingerprint density at radius 2 is 1.72 bits per heavy atom. The van der Waals surface area contributed by atoms with Gasteiger partial charge in [-0.2, -0.15) is 5.26 Å². The van der Waals surface area contributed by atoms with Crippen LogP contribution < -0.4 is 5.32 Å². The Bertz CT molecular complexity index is 765. The molecule has 1 N–H and O–H groups in total. The van der Waals surface area contributed by atoms with E-state index in [1.165, 1.54) is 11.8 Å². The maximum Gasteiger partial charge on any atom is 0.266 e. The smallest absolute Gasteiger partial charge is 0.266 e. The Morgan fingerprint density at radius 3 is 2.28 bits per heavy atom. The van der Waals surface area contributed by atoms with Gasteiger partial charge in [0.1, 0.15) is 11.6 Å². The average Bonchev–Trinajstić information content (AvgIpc) is 2.61. The molecule has 1 aromatic rings. The van der Waals surface area contributed by atoms with Gasteiger partial charge in [-0.25, -0.2) is 13.2 Å². The molecule has 2 amide bonds. The lowest BCUT2D eigenvalue weighted by Crippen LogP contribution is -2.50. The summed E-state index contributed by atoms with van der Waals surface area (Å²) in [5, 5.41) is 11.4. The normalized spacial score (nSPS) is 14.9.